The lowest BCUT2D eigenvalue weighted by atomic mass is 10.1. The first-order valence-electron chi connectivity index (χ1n) is 5.51. The number of rotatable bonds is 4. The van der Waals surface area contributed by atoms with Crippen LogP contribution in [0.15, 0.2) is 0 Å². The highest BCUT2D eigenvalue weighted by Crippen LogP contribution is 2.05. The summed E-state index contributed by atoms with van der Waals surface area (Å²) < 4.78 is 5.16. The maximum Gasteiger partial charge on any atom is 0.326 e. The van der Waals surface area contributed by atoms with Crippen LogP contribution in [0.5, 0.6) is 0 Å². The van der Waals surface area contributed by atoms with E-state index in [0.717, 1.165) is 12.8 Å². The third kappa shape index (κ3) is 4.06. The summed E-state index contributed by atoms with van der Waals surface area (Å²) in [5.74, 6) is -1.01. The Morgan fingerprint density at radius 1 is 1.44 bits per heavy atom. The fourth-order valence-corrected chi connectivity index (χ4v) is 1.57. The molecular formula is C10H18N2O4. The van der Waals surface area contributed by atoms with Crippen LogP contribution in [0, 0.1) is 0 Å². The van der Waals surface area contributed by atoms with E-state index in [0.29, 0.717) is 19.6 Å². The number of carboxylic acid groups (broad SMARTS) is 1. The molecule has 1 fully saturated rings. The molecule has 0 aromatic carbocycles. The van der Waals surface area contributed by atoms with E-state index < -0.39 is 18.0 Å². The summed E-state index contributed by atoms with van der Waals surface area (Å²) in [6, 6.07) is -1.15. The molecule has 0 aliphatic carbocycles. The maximum atomic E-state index is 11.5. The first-order valence-corrected chi connectivity index (χ1v) is 5.51. The number of carbonyl (C=O) groups excluding carboxylic acids is 1. The van der Waals surface area contributed by atoms with Crippen LogP contribution in [-0.2, 0) is 9.53 Å². The molecule has 0 saturated carbocycles. The van der Waals surface area contributed by atoms with Crippen molar-refractivity contribution in [3.05, 3.63) is 0 Å². The Balaban J connectivity index is 2.31. The average molecular weight is 230 g/mol. The monoisotopic (exact) mass is 230 g/mol. The molecule has 92 valence electrons. The smallest absolute Gasteiger partial charge is 0.326 e. The molecule has 1 heterocycles. The molecule has 16 heavy (non-hydrogen) atoms. The molecule has 6 heteroatoms. The van der Waals surface area contributed by atoms with Crippen LogP contribution in [0.25, 0.3) is 0 Å². The van der Waals surface area contributed by atoms with Gasteiger partial charge in [0.1, 0.15) is 6.04 Å². The molecule has 0 aromatic heterocycles. The normalized spacial score (nSPS) is 18.8. The minimum atomic E-state index is -1.01. The van der Waals surface area contributed by atoms with Crippen molar-refractivity contribution in [3.63, 3.8) is 0 Å². The summed E-state index contributed by atoms with van der Waals surface area (Å²) in [5, 5.41) is 13.9. The van der Waals surface area contributed by atoms with E-state index in [9.17, 15) is 9.59 Å². The van der Waals surface area contributed by atoms with Crippen LogP contribution in [0.2, 0.25) is 0 Å². The first-order chi connectivity index (χ1) is 7.63. The second kappa shape index (κ2) is 6.32. The summed E-state index contributed by atoms with van der Waals surface area (Å²) in [5.41, 5.74) is 0. The number of aliphatic carboxylic acids is 1. The lowest BCUT2D eigenvalue weighted by Gasteiger charge is -2.24. The molecule has 0 unspecified atom stereocenters. The molecule has 1 saturated heterocycles. The molecule has 0 spiro atoms. The van der Waals surface area contributed by atoms with Crippen molar-refractivity contribution in [1.82, 2.24) is 10.6 Å². The fraction of sp³-hybridized carbons (Fsp3) is 0.800. The predicted octanol–water partition coefficient (Wildman–Crippen LogP) is 0.328. The van der Waals surface area contributed by atoms with Gasteiger partial charge in [0.15, 0.2) is 0 Å². The van der Waals surface area contributed by atoms with Gasteiger partial charge in [0.25, 0.3) is 0 Å². The SMILES string of the molecule is CC[C@@H](NC(=O)NC1CCOCC1)C(=O)O. The van der Waals surface area contributed by atoms with Gasteiger partial charge < -0.3 is 20.5 Å². The third-order valence-corrected chi connectivity index (χ3v) is 2.57. The minimum Gasteiger partial charge on any atom is -0.480 e. The van der Waals surface area contributed by atoms with E-state index in [4.69, 9.17) is 9.84 Å². The third-order valence-electron chi connectivity index (χ3n) is 2.57. The van der Waals surface area contributed by atoms with Crippen molar-refractivity contribution >= 4 is 12.0 Å². The minimum absolute atomic E-state index is 0.0834. The highest BCUT2D eigenvalue weighted by molar-refractivity contribution is 5.82. The van der Waals surface area contributed by atoms with Gasteiger partial charge in [-0.1, -0.05) is 6.92 Å². The predicted molar refractivity (Wildman–Crippen MR) is 57.2 cm³/mol. The molecule has 3 N–H and O–H groups in total. The zero-order valence-corrected chi connectivity index (χ0v) is 9.36. The molecule has 1 aliphatic rings. The number of nitrogens with one attached hydrogen (secondary N) is 2. The number of hydrogen-bond donors (Lipinski definition) is 3. The molecule has 1 aliphatic heterocycles. The molecule has 1 rings (SSSR count). The van der Waals surface area contributed by atoms with Gasteiger partial charge in [0.2, 0.25) is 0 Å². The van der Waals surface area contributed by atoms with Crippen molar-refractivity contribution in [2.45, 2.75) is 38.3 Å². The van der Waals surface area contributed by atoms with Crippen LogP contribution < -0.4 is 10.6 Å². The van der Waals surface area contributed by atoms with Gasteiger partial charge in [-0.3, -0.25) is 0 Å². The summed E-state index contributed by atoms with van der Waals surface area (Å²) in [4.78, 5) is 22.2. The number of hydrogen-bond acceptors (Lipinski definition) is 3. The van der Waals surface area contributed by atoms with Gasteiger partial charge in [-0.05, 0) is 19.3 Å². The molecule has 0 aromatic rings. The zero-order valence-electron chi connectivity index (χ0n) is 9.36. The molecular weight excluding hydrogens is 212 g/mol. The van der Waals surface area contributed by atoms with E-state index in [2.05, 4.69) is 10.6 Å². The Kier molecular flexibility index (Phi) is 5.04. The van der Waals surface area contributed by atoms with Crippen molar-refractivity contribution < 1.29 is 19.4 Å². The molecule has 0 bridgehead atoms. The lowest BCUT2D eigenvalue weighted by Crippen LogP contribution is -2.49. The van der Waals surface area contributed by atoms with E-state index in [1.807, 2.05) is 0 Å². The number of amides is 2. The molecule has 2 amide bonds. The van der Waals surface area contributed by atoms with E-state index in [-0.39, 0.29) is 6.04 Å². The quantitative estimate of drug-likeness (QED) is 0.649. The van der Waals surface area contributed by atoms with Crippen LogP contribution in [0.1, 0.15) is 26.2 Å². The Labute approximate surface area is 94.3 Å². The number of urea groups is 1. The topological polar surface area (TPSA) is 87.7 Å². The summed E-state index contributed by atoms with van der Waals surface area (Å²) in [6.45, 7) is 3.00. The fourth-order valence-electron chi connectivity index (χ4n) is 1.57. The maximum absolute atomic E-state index is 11.5. The number of carboxylic acids is 1. The van der Waals surface area contributed by atoms with E-state index >= 15 is 0 Å². The van der Waals surface area contributed by atoms with Crippen molar-refractivity contribution in [1.29, 1.82) is 0 Å². The second-order valence-corrected chi connectivity index (χ2v) is 3.80. The highest BCUT2D eigenvalue weighted by atomic mass is 16.5. The molecule has 1 atom stereocenters. The summed E-state index contributed by atoms with van der Waals surface area (Å²) in [6.07, 6.45) is 1.92. The van der Waals surface area contributed by atoms with Crippen LogP contribution in [-0.4, -0.2) is 42.4 Å². The van der Waals surface area contributed by atoms with E-state index in [1.165, 1.54) is 0 Å². The van der Waals surface area contributed by atoms with Gasteiger partial charge in [-0.25, -0.2) is 9.59 Å². The van der Waals surface area contributed by atoms with Crippen LogP contribution >= 0.6 is 0 Å². The van der Waals surface area contributed by atoms with Crippen molar-refractivity contribution in [3.8, 4) is 0 Å². The molecule has 0 radical (unpaired) electrons. The lowest BCUT2D eigenvalue weighted by molar-refractivity contribution is -0.139. The summed E-state index contributed by atoms with van der Waals surface area (Å²) in [7, 11) is 0. The highest BCUT2D eigenvalue weighted by Gasteiger charge is 2.20. The zero-order chi connectivity index (χ0) is 12.0. The standard InChI is InChI=1S/C10H18N2O4/c1-2-8(9(13)14)12-10(15)11-7-3-5-16-6-4-7/h7-8H,2-6H2,1H3,(H,13,14)(H2,11,12,15)/t8-/m1/s1. The second-order valence-electron chi connectivity index (χ2n) is 3.80. The number of carbonyl (C=O) groups is 2. The van der Waals surface area contributed by atoms with Gasteiger partial charge >= 0.3 is 12.0 Å². The van der Waals surface area contributed by atoms with Gasteiger partial charge in [0.05, 0.1) is 0 Å². The molecule has 6 nitrogen and oxygen atoms in total. The largest absolute Gasteiger partial charge is 0.480 e. The summed E-state index contributed by atoms with van der Waals surface area (Å²) >= 11 is 0. The van der Waals surface area contributed by atoms with Crippen molar-refractivity contribution in [2.24, 2.45) is 0 Å². The van der Waals surface area contributed by atoms with Crippen LogP contribution in [0.4, 0.5) is 4.79 Å². The van der Waals surface area contributed by atoms with E-state index in [1.54, 1.807) is 6.92 Å². The number of ether oxygens (including phenoxy) is 1. The Bertz CT molecular complexity index is 251. The Hall–Kier alpha value is -1.30. The van der Waals surface area contributed by atoms with Gasteiger partial charge in [-0.15, -0.1) is 0 Å². The Morgan fingerprint density at radius 2 is 2.06 bits per heavy atom. The van der Waals surface area contributed by atoms with Crippen LogP contribution in [0.3, 0.4) is 0 Å². The van der Waals surface area contributed by atoms with Crippen molar-refractivity contribution in [2.75, 3.05) is 13.2 Å². The van der Waals surface area contributed by atoms with Gasteiger partial charge in [0, 0.05) is 19.3 Å². The average Bonchev–Trinajstić information content (AvgIpc) is 2.27. The van der Waals surface area contributed by atoms with Gasteiger partial charge in [-0.2, -0.15) is 0 Å². The Morgan fingerprint density at radius 3 is 2.56 bits per heavy atom. The first kappa shape index (κ1) is 12.8.